The summed E-state index contributed by atoms with van der Waals surface area (Å²) in [5.74, 6) is 0. The lowest BCUT2D eigenvalue weighted by atomic mass is 10.0. The molecule has 1 saturated carbocycles. The first-order valence-electron chi connectivity index (χ1n) is 8.40. The fraction of sp³-hybridized carbons (Fsp3) is 1.00. The van der Waals surface area contributed by atoms with Crippen molar-refractivity contribution >= 4 is 10.0 Å². The van der Waals surface area contributed by atoms with Crippen molar-refractivity contribution in [2.24, 2.45) is 0 Å². The summed E-state index contributed by atoms with van der Waals surface area (Å²) >= 11 is 0. The van der Waals surface area contributed by atoms with Gasteiger partial charge in [0.2, 0.25) is 10.0 Å². The Labute approximate surface area is 129 Å². The van der Waals surface area contributed by atoms with Crippen LogP contribution in [0.2, 0.25) is 0 Å². The third-order valence-electron chi connectivity index (χ3n) is 4.48. The Bertz CT molecular complexity index is 394. The fourth-order valence-electron chi connectivity index (χ4n) is 3.29. The summed E-state index contributed by atoms with van der Waals surface area (Å²) in [5.41, 5.74) is 0. The van der Waals surface area contributed by atoms with E-state index in [9.17, 15) is 8.42 Å². The molecule has 2 fully saturated rings. The second-order valence-corrected chi connectivity index (χ2v) is 8.43. The van der Waals surface area contributed by atoms with Gasteiger partial charge in [-0.25, -0.2) is 13.1 Å². The molecule has 0 bridgehead atoms. The van der Waals surface area contributed by atoms with Crippen LogP contribution in [0.5, 0.6) is 0 Å². The molecule has 1 saturated heterocycles. The highest BCUT2D eigenvalue weighted by atomic mass is 32.2. The summed E-state index contributed by atoms with van der Waals surface area (Å²) in [6.07, 6.45) is 7.17. The molecule has 1 aliphatic heterocycles. The smallest absolute Gasteiger partial charge is 0.214 e. The SMILES string of the molecule is CC1CN(CCCNS(=O)(=O)C2CCCCC2)CCCO1. The number of nitrogens with zero attached hydrogens (tertiary/aromatic N) is 1. The van der Waals surface area contributed by atoms with Gasteiger partial charge in [0.15, 0.2) is 0 Å². The minimum absolute atomic E-state index is 0.155. The van der Waals surface area contributed by atoms with Crippen LogP contribution in [0.3, 0.4) is 0 Å². The minimum Gasteiger partial charge on any atom is -0.377 e. The molecule has 0 aromatic carbocycles. The number of hydrogen-bond donors (Lipinski definition) is 1. The van der Waals surface area contributed by atoms with Crippen LogP contribution in [0, 0.1) is 0 Å². The van der Waals surface area contributed by atoms with Crippen LogP contribution in [0.25, 0.3) is 0 Å². The molecule has 0 aromatic rings. The molecular formula is C15H30N2O3S. The lowest BCUT2D eigenvalue weighted by molar-refractivity contribution is 0.0677. The van der Waals surface area contributed by atoms with Crippen LogP contribution in [0.15, 0.2) is 0 Å². The van der Waals surface area contributed by atoms with Gasteiger partial charge in [0.25, 0.3) is 0 Å². The molecule has 2 aliphatic rings. The molecule has 6 heteroatoms. The van der Waals surface area contributed by atoms with Crippen molar-refractivity contribution in [2.45, 2.75) is 63.2 Å². The zero-order valence-electron chi connectivity index (χ0n) is 13.2. The number of nitrogens with one attached hydrogen (secondary N) is 1. The third kappa shape index (κ3) is 5.85. The van der Waals surface area contributed by atoms with E-state index in [4.69, 9.17) is 4.74 Å². The first-order valence-corrected chi connectivity index (χ1v) is 9.95. The molecule has 5 nitrogen and oxygen atoms in total. The van der Waals surface area contributed by atoms with E-state index >= 15 is 0 Å². The van der Waals surface area contributed by atoms with Crippen molar-refractivity contribution in [2.75, 3.05) is 32.8 Å². The molecule has 0 aromatic heterocycles. The molecule has 1 atom stereocenters. The number of sulfonamides is 1. The normalized spacial score (nSPS) is 26.6. The van der Waals surface area contributed by atoms with Crippen LogP contribution in [0.1, 0.15) is 51.9 Å². The zero-order valence-corrected chi connectivity index (χ0v) is 14.0. The maximum Gasteiger partial charge on any atom is 0.214 e. The molecule has 2 rings (SSSR count). The monoisotopic (exact) mass is 318 g/mol. The zero-order chi connectivity index (χ0) is 15.1. The molecule has 21 heavy (non-hydrogen) atoms. The highest BCUT2D eigenvalue weighted by molar-refractivity contribution is 7.90. The number of rotatable bonds is 6. The Kier molecular flexibility index (Phi) is 6.92. The van der Waals surface area contributed by atoms with E-state index in [2.05, 4.69) is 16.5 Å². The van der Waals surface area contributed by atoms with E-state index < -0.39 is 10.0 Å². The minimum atomic E-state index is -3.10. The molecule has 1 aliphatic carbocycles. The van der Waals surface area contributed by atoms with Crippen molar-refractivity contribution in [1.29, 1.82) is 0 Å². The first-order chi connectivity index (χ1) is 10.1. The Hall–Kier alpha value is -0.170. The summed E-state index contributed by atoms with van der Waals surface area (Å²) in [5, 5.41) is -0.155. The maximum atomic E-state index is 12.2. The predicted molar refractivity (Wildman–Crippen MR) is 84.9 cm³/mol. The van der Waals surface area contributed by atoms with Gasteiger partial charge in [-0.1, -0.05) is 19.3 Å². The highest BCUT2D eigenvalue weighted by Gasteiger charge is 2.26. The second-order valence-electron chi connectivity index (χ2n) is 6.39. The van der Waals surface area contributed by atoms with E-state index in [1.54, 1.807) is 0 Å². The van der Waals surface area contributed by atoms with Gasteiger partial charge in [0.1, 0.15) is 0 Å². The van der Waals surface area contributed by atoms with Gasteiger partial charge in [-0.15, -0.1) is 0 Å². The van der Waals surface area contributed by atoms with Crippen molar-refractivity contribution in [3.05, 3.63) is 0 Å². The van der Waals surface area contributed by atoms with Gasteiger partial charge < -0.3 is 9.64 Å². The van der Waals surface area contributed by atoms with E-state index in [-0.39, 0.29) is 11.4 Å². The van der Waals surface area contributed by atoms with Crippen molar-refractivity contribution in [1.82, 2.24) is 9.62 Å². The predicted octanol–water partition coefficient (Wildman–Crippen LogP) is 1.74. The highest BCUT2D eigenvalue weighted by Crippen LogP contribution is 2.22. The molecular weight excluding hydrogens is 288 g/mol. The second kappa shape index (κ2) is 8.46. The van der Waals surface area contributed by atoms with Gasteiger partial charge in [0, 0.05) is 26.2 Å². The van der Waals surface area contributed by atoms with Crippen LogP contribution < -0.4 is 4.72 Å². The summed E-state index contributed by atoms with van der Waals surface area (Å²) in [6, 6.07) is 0. The standard InChI is InChI=1S/C15H30N2O3S/c1-14-13-17(11-6-12-20-14)10-5-9-16-21(18,19)15-7-3-2-4-8-15/h14-16H,2-13H2,1H3. The topological polar surface area (TPSA) is 58.6 Å². The quantitative estimate of drug-likeness (QED) is 0.758. The van der Waals surface area contributed by atoms with Gasteiger partial charge in [-0.2, -0.15) is 0 Å². The first kappa shape index (κ1) is 17.2. The molecule has 1 heterocycles. The lowest BCUT2D eigenvalue weighted by Crippen LogP contribution is -2.38. The number of ether oxygens (including phenoxy) is 1. The van der Waals surface area contributed by atoms with Crippen molar-refractivity contribution < 1.29 is 13.2 Å². The van der Waals surface area contributed by atoms with E-state index in [0.717, 1.165) is 64.8 Å². The van der Waals surface area contributed by atoms with Gasteiger partial charge in [-0.3, -0.25) is 0 Å². The van der Waals surface area contributed by atoms with Crippen LogP contribution in [-0.4, -0.2) is 57.5 Å². The Morgan fingerprint density at radius 3 is 2.71 bits per heavy atom. The van der Waals surface area contributed by atoms with Crippen molar-refractivity contribution in [3.8, 4) is 0 Å². The van der Waals surface area contributed by atoms with E-state index in [0.29, 0.717) is 6.54 Å². The Morgan fingerprint density at radius 2 is 1.95 bits per heavy atom. The molecule has 0 radical (unpaired) electrons. The fourth-order valence-corrected chi connectivity index (χ4v) is 4.91. The van der Waals surface area contributed by atoms with Crippen molar-refractivity contribution in [3.63, 3.8) is 0 Å². The van der Waals surface area contributed by atoms with Crippen LogP contribution >= 0.6 is 0 Å². The summed E-state index contributed by atoms with van der Waals surface area (Å²) in [6.45, 7) is 6.45. The van der Waals surface area contributed by atoms with Gasteiger partial charge in [0.05, 0.1) is 11.4 Å². The van der Waals surface area contributed by atoms with Crippen LogP contribution in [0.4, 0.5) is 0 Å². The third-order valence-corrected chi connectivity index (χ3v) is 6.44. The molecule has 0 amide bonds. The van der Waals surface area contributed by atoms with E-state index in [1.165, 1.54) is 6.42 Å². The molecule has 124 valence electrons. The molecule has 1 N–H and O–H groups in total. The average molecular weight is 318 g/mol. The summed E-state index contributed by atoms with van der Waals surface area (Å²) in [7, 11) is -3.10. The van der Waals surface area contributed by atoms with Crippen LogP contribution in [-0.2, 0) is 14.8 Å². The largest absolute Gasteiger partial charge is 0.377 e. The lowest BCUT2D eigenvalue weighted by Gasteiger charge is -2.23. The Balaban J connectivity index is 1.66. The molecule has 0 spiro atoms. The summed E-state index contributed by atoms with van der Waals surface area (Å²) < 4.78 is 32.8. The van der Waals surface area contributed by atoms with E-state index in [1.807, 2.05) is 0 Å². The number of hydrogen-bond acceptors (Lipinski definition) is 4. The maximum absolute atomic E-state index is 12.2. The summed E-state index contributed by atoms with van der Waals surface area (Å²) in [4.78, 5) is 2.38. The average Bonchev–Trinajstić information content (AvgIpc) is 2.69. The molecule has 1 unspecified atom stereocenters. The van der Waals surface area contributed by atoms with Gasteiger partial charge in [-0.05, 0) is 39.2 Å². The van der Waals surface area contributed by atoms with Gasteiger partial charge >= 0.3 is 0 Å². The Morgan fingerprint density at radius 1 is 1.19 bits per heavy atom.